The van der Waals surface area contributed by atoms with Crippen LogP contribution in [-0.2, 0) is 13.1 Å². The molecule has 0 aromatic carbocycles. The summed E-state index contributed by atoms with van der Waals surface area (Å²) >= 11 is 1.67. The molecule has 5 nitrogen and oxygen atoms in total. The van der Waals surface area contributed by atoms with E-state index in [1.165, 1.54) is 9.28 Å². The van der Waals surface area contributed by atoms with Crippen LogP contribution in [0.1, 0.15) is 15.6 Å². The average Bonchev–Trinajstić information content (AvgIpc) is 2.85. The normalized spacial score (nSPS) is 11.1. The summed E-state index contributed by atoms with van der Waals surface area (Å²) in [5, 5.41) is 4.34. The number of fused-ring (bicyclic) bond motifs is 1. The summed E-state index contributed by atoms with van der Waals surface area (Å²) in [6, 6.07) is 7.09. The molecule has 0 fully saturated rings. The first-order valence-electron chi connectivity index (χ1n) is 6.32. The molecule has 0 spiro atoms. The topological polar surface area (TPSA) is 59.3 Å². The maximum atomic E-state index is 11.9. The molecule has 3 rings (SSSR count). The molecule has 0 aliphatic carbocycles. The van der Waals surface area contributed by atoms with Crippen LogP contribution >= 0.6 is 11.3 Å². The van der Waals surface area contributed by atoms with Crippen LogP contribution in [0.5, 0.6) is 0 Å². The van der Waals surface area contributed by atoms with E-state index in [0.29, 0.717) is 12.2 Å². The highest BCUT2D eigenvalue weighted by atomic mass is 32.1. The zero-order valence-electron chi connectivity index (χ0n) is 11.0. The van der Waals surface area contributed by atoms with E-state index < -0.39 is 0 Å². The molecule has 0 saturated heterocycles. The molecular weight excluding hydrogens is 272 g/mol. The first-order valence-corrected chi connectivity index (χ1v) is 7.13. The number of rotatable bonds is 4. The smallest absolute Gasteiger partial charge is 0.258 e. The van der Waals surface area contributed by atoms with Crippen molar-refractivity contribution in [3.63, 3.8) is 0 Å². The fraction of sp³-hybridized carbons (Fsp3) is 0.214. The summed E-state index contributed by atoms with van der Waals surface area (Å²) in [5.74, 6) is 0. The third-order valence-corrected chi connectivity index (χ3v) is 3.81. The van der Waals surface area contributed by atoms with E-state index in [9.17, 15) is 4.79 Å². The van der Waals surface area contributed by atoms with Crippen molar-refractivity contribution >= 4 is 17.0 Å². The minimum Gasteiger partial charge on any atom is -0.306 e. The van der Waals surface area contributed by atoms with Gasteiger partial charge in [0.1, 0.15) is 5.65 Å². The van der Waals surface area contributed by atoms with Gasteiger partial charge in [0.15, 0.2) is 0 Å². The van der Waals surface area contributed by atoms with Crippen molar-refractivity contribution in [1.82, 2.24) is 19.7 Å². The highest BCUT2D eigenvalue weighted by Gasteiger charge is 2.02. The fourth-order valence-electron chi connectivity index (χ4n) is 1.99. The summed E-state index contributed by atoms with van der Waals surface area (Å²) < 4.78 is 1.54. The Morgan fingerprint density at radius 1 is 1.35 bits per heavy atom. The molecular formula is C14H14N4OS. The van der Waals surface area contributed by atoms with Crippen molar-refractivity contribution < 1.29 is 0 Å². The van der Waals surface area contributed by atoms with Gasteiger partial charge < -0.3 is 5.32 Å². The number of pyridine rings is 1. The SMILES string of the molecule is Cc1ncc(CNCc2cc(=O)n3ccccc3n2)s1. The van der Waals surface area contributed by atoms with Gasteiger partial charge >= 0.3 is 0 Å². The number of aromatic nitrogens is 3. The molecule has 0 unspecified atom stereocenters. The van der Waals surface area contributed by atoms with Crippen LogP contribution in [0.25, 0.3) is 5.65 Å². The molecule has 0 radical (unpaired) electrons. The van der Waals surface area contributed by atoms with Crippen LogP contribution in [0.2, 0.25) is 0 Å². The predicted octanol–water partition coefficient (Wildman–Crippen LogP) is 1.75. The second-order valence-electron chi connectivity index (χ2n) is 4.46. The van der Waals surface area contributed by atoms with Gasteiger partial charge in [-0.3, -0.25) is 9.20 Å². The Hall–Kier alpha value is -2.05. The third-order valence-electron chi connectivity index (χ3n) is 2.90. The zero-order chi connectivity index (χ0) is 13.9. The van der Waals surface area contributed by atoms with Crippen LogP contribution in [0.3, 0.4) is 0 Å². The summed E-state index contributed by atoms with van der Waals surface area (Å²) in [5.41, 5.74) is 1.37. The highest BCUT2D eigenvalue weighted by molar-refractivity contribution is 7.11. The van der Waals surface area contributed by atoms with Crippen molar-refractivity contribution in [2.24, 2.45) is 0 Å². The van der Waals surface area contributed by atoms with Crippen LogP contribution in [-0.4, -0.2) is 14.4 Å². The Balaban J connectivity index is 1.73. The lowest BCUT2D eigenvalue weighted by atomic mass is 10.3. The summed E-state index contributed by atoms with van der Waals surface area (Å²) in [4.78, 5) is 21.8. The minimum atomic E-state index is -0.0546. The van der Waals surface area contributed by atoms with Crippen LogP contribution < -0.4 is 10.9 Å². The molecule has 0 aliphatic heterocycles. The van der Waals surface area contributed by atoms with E-state index >= 15 is 0 Å². The Kier molecular flexibility index (Phi) is 3.58. The van der Waals surface area contributed by atoms with E-state index in [4.69, 9.17) is 0 Å². The minimum absolute atomic E-state index is 0.0546. The molecule has 3 aromatic heterocycles. The van der Waals surface area contributed by atoms with E-state index in [1.807, 2.05) is 31.3 Å². The monoisotopic (exact) mass is 286 g/mol. The first kappa shape index (κ1) is 13.0. The maximum Gasteiger partial charge on any atom is 0.258 e. The Morgan fingerprint density at radius 2 is 2.25 bits per heavy atom. The average molecular weight is 286 g/mol. The van der Waals surface area contributed by atoms with Crippen LogP contribution in [0.4, 0.5) is 0 Å². The second-order valence-corrected chi connectivity index (χ2v) is 5.78. The van der Waals surface area contributed by atoms with Crippen LogP contribution in [0.15, 0.2) is 41.5 Å². The van der Waals surface area contributed by atoms with Crippen molar-refractivity contribution in [1.29, 1.82) is 0 Å². The van der Waals surface area contributed by atoms with Crippen molar-refractivity contribution in [3.05, 3.63) is 62.6 Å². The molecule has 102 valence electrons. The number of thiazole rings is 1. The molecule has 1 N–H and O–H groups in total. The summed E-state index contributed by atoms with van der Waals surface area (Å²) in [6.45, 7) is 3.29. The standard InChI is InChI=1S/C14H14N4OS/c1-10-16-9-12(20-10)8-15-7-11-6-14(19)18-5-3-2-4-13(18)17-11/h2-6,9,15H,7-8H2,1H3. The van der Waals surface area contributed by atoms with Gasteiger partial charge in [0, 0.05) is 36.4 Å². The molecule has 0 atom stereocenters. The molecule has 0 bridgehead atoms. The number of nitrogens with zero attached hydrogens (tertiary/aromatic N) is 3. The van der Waals surface area contributed by atoms with Gasteiger partial charge in [-0.25, -0.2) is 9.97 Å². The van der Waals surface area contributed by atoms with E-state index in [1.54, 1.807) is 23.6 Å². The quantitative estimate of drug-likeness (QED) is 0.794. The molecule has 0 aliphatic rings. The second kappa shape index (κ2) is 5.52. The van der Waals surface area contributed by atoms with Crippen molar-refractivity contribution in [2.75, 3.05) is 0 Å². The zero-order valence-corrected chi connectivity index (χ0v) is 11.9. The summed E-state index contributed by atoms with van der Waals surface area (Å²) in [7, 11) is 0. The number of aryl methyl sites for hydroxylation is 1. The Bertz CT molecular complexity index is 793. The molecule has 6 heteroatoms. The number of nitrogens with one attached hydrogen (secondary N) is 1. The molecule has 3 heterocycles. The molecule has 0 amide bonds. The Labute approximate surface area is 120 Å². The van der Waals surface area contributed by atoms with Crippen molar-refractivity contribution in [2.45, 2.75) is 20.0 Å². The van der Waals surface area contributed by atoms with E-state index in [-0.39, 0.29) is 5.56 Å². The van der Waals surface area contributed by atoms with Gasteiger partial charge in [0.2, 0.25) is 0 Å². The van der Waals surface area contributed by atoms with Crippen LogP contribution in [0, 0.1) is 6.92 Å². The van der Waals surface area contributed by atoms with Gasteiger partial charge in [-0.05, 0) is 19.1 Å². The lowest BCUT2D eigenvalue weighted by Crippen LogP contribution is -2.19. The van der Waals surface area contributed by atoms with Crippen molar-refractivity contribution in [3.8, 4) is 0 Å². The predicted molar refractivity (Wildman–Crippen MR) is 78.9 cm³/mol. The van der Waals surface area contributed by atoms with E-state index in [2.05, 4.69) is 15.3 Å². The first-order chi connectivity index (χ1) is 9.72. The lowest BCUT2D eigenvalue weighted by molar-refractivity contribution is 0.684. The Morgan fingerprint density at radius 3 is 3.05 bits per heavy atom. The van der Waals surface area contributed by atoms with Gasteiger partial charge in [-0.2, -0.15) is 0 Å². The molecule has 20 heavy (non-hydrogen) atoms. The largest absolute Gasteiger partial charge is 0.306 e. The third kappa shape index (κ3) is 2.76. The van der Waals surface area contributed by atoms with Gasteiger partial charge in [-0.15, -0.1) is 11.3 Å². The highest BCUT2D eigenvalue weighted by Crippen LogP contribution is 2.10. The van der Waals surface area contributed by atoms with Gasteiger partial charge in [-0.1, -0.05) is 6.07 Å². The molecule has 3 aromatic rings. The van der Waals surface area contributed by atoms with Gasteiger partial charge in [0.05, 0.1) is 10.7 Å². The maximum absolute atomic E-state index is 11.9. The lowest BCUT2D eigenvalue weighted by Gasteiger charge is -2.04. The van der Waals surface area contributed by atoms with Gasteiger partial charge in [0.25, 0.3) is 5.56 Å². The van der Waals surface area contributed by atoms with E-state index in [0.717, 1.165) is 17.2 Å². The summed E-state index contributed by atoms with van der Waals surface area (Å²) in [6.07, 6.45) is 3.59. The molecule has 0 saturated carbocycles. The fourth-order valence-corrected chi connectivity index (χ4v) is 2.76. The number of hydrogen-bond acceptors (Lipinski definition) is 5. The number of hydrogen-bond donors (Lipinski definition) is 1.